The van der Waals surface area contributed by atoms with E-state index in [-0.39, 0.29) is 12.1 Å². The molecule has 10 aromatic carbocycles. The molecule has 3 heteroatoms. The van der Waals surface area contributed by atoms with Crippen LogP contribution in [0.5, 0.6) is 0 Å². The highest BCUT2D eigenvalue weighted by molar-refractivity contribution is 8.00. The summed E-state index contributed by atoms with van der Waals surface area (Å²) < 4.78 is 0. The van der Waals surface area contributed by atoms with Crippen molar-refractivity contribution in [1.82, 2.24) is 0 Å². The molecule has 0 bridgehead atoms. The molecule has 0 aliphatic carbocycles. The molecule has 12 rings (SSSR count). The lowest BCUT2D eigenvalue weighted by atomic mass is 9.34. The zero-order valence-corrected chi connectivity index (χ0v) is 41.8. The fourth-order valence-electron chi connectivity index (χ4n) is 10.9. The van der Waals surface area contributed by atoms with Crippen molar-refractivity contribution in [3.05, 3.63) is 242 Å². The number of hydrogen-bond donors (Lipinski definition) is 0. The Labute approximate surface area is 425 Å². The van der Waals surface area contributed by atoms with E-state index in [1.165, 1.54) is 121 Å². The van der Waals surface area contributed by atoms with Gasteiger partial charge in [0.1, 0.15) is 0 Å². The number of nitrogens with zero attached hydrogens (tertiary/aromatic N) is 1. The Morgan fingerprint density at radius 1 is 0.408 bits per heavy atom. The largest absolute Gasteiger partial charge is 0.310 e. The molecule has 71 heavy (non-hydrogen) atoms. The molecule has 0 amide bonds. The first-order valence-corrected chi connectivity index (χ1v) is 26.1. The first-order chi connectivity index (χ1) is 34.8. The Bertz CT molecular complexity index is 3440. The van der Waals surface area contributed by atoms with Crippen molar-refractivity contribution in [2.24, 2.45) is 0 Å². The van der Waals surface area contributed by atoms with Crippen LogP contribution >= 0.6 is 11.8 Å². The minimum absolute atomic E-state index is 0.0195. The molecule has 0 fully saturated rings. The molecule has 0 atom stereocenters. The molecule has 0 spiro atoms. The van der Waals surface area contributed by atoms with Crippen LogP contribution in [0.4, 0.5) is 17.1 Å². The van der Waals surface area contributed by atoms with Crippen molar-refractivity contribution in [2.45, 2.75) is 62.2 Å². The van der Waals surface area contributed by atoms with E-state index >= 15 is 0 Å². The minimum atomic E-state index is -0.123. The molecule has 2 heterocycles. The van der Waals surface area contributed by atoms with Gasteiger partial charge in [0.15, 0.2) is 0 Å². The summed E-state index contributed by atoms with van der Waals surface area (Å²) in [5, 5.41) is 0. The van der Waals surface area contributed by atoms with Gasteiger partial charge < -0.3 is 4.90 Å². The van der Waals surface area contributed by atoms with Crippen molar-refractivity contribution in [1.29, 1.82) is 0 Å². The molecule has 0 saturated heterocycles. The van der Waals surface area contributed by atoms with Crippen LogP contribution in [0.3, 0.4) is 0 Å². The van der Waals surface area contributed by atoms with Crippen LogP contribution in [0.15, 0.2) is 240 Å². The molecule has 0 radical (unpaired) electrons. The van der Waals surface area contributed by atoms with E-state index in [0.29, 0.717) is 0 Å². The first-order valence-electron chi connectivity index (χ1n) is 25.3. The average molecular weight is 930 g/mol. The molecular weight excluding hydrogens is 874 g/mol. The summed E-state index contributed by atoms with van der Waals surface area (Å²) in [6.45, 7) is 9.38. The molecule has 0 aromatic heterocycles. The molecule has 0 unspecified atom stereocenters. The number of fused-ring (bicyclic) bond motifs is 4. The molecule has 0 N–H and O–H groups in total. The number of rotatable bonds is 10. The highest BCUT2D eigenvalue weighted by Gasteiger charge is 2.43. The third-order valence-electron chi connectivity index (χ3n) is 14.7. The summed E-state index contributed by atoms with van der Waals surface area (Å²) in [5.74, 6) is 0. The lowest BCUT2D eigenvalue weighted by Gasteiger charge is -2.42. The zero-order valence-electron chi connectivity index (χ0n) is 41.0. The van der Waals surface area contributed by atoms with Crippen LogP contribution in [-0.4, -0.2) is 6.71 Å². The van der Waals surface area contributed by atoms with Gasteiger partial charge in [-0.1, -0.05) is 245 Å². The fourth-order valence-corrected chi connectivity index (χ4v) is 12.1. The van der Waals surface area contributed by atoms with Crippen LogP contribution in [0.25, 0.3) is 66.8 Å². The van der Waals surface area contributed by atoms with Gasteiger partial charge in [-0.3, -0.25) is 0 Å². The van der Waals surface area contributed by atoms with Gasteiger partial charge >= 0.3 is 0 Å². The number of aryl methyl sites for hydroxylation is 1. The Balaban J connectivity index is 1.17. The number of unbranched alkanes of at least 4 members (excludes halogenated alkanes) is 1. The smallest absolute Gasteiger partial charge is 0.249 e. The van der Waals surface area contributed by atoms with Crippen molar-refractivity contribution in [3.8, 4) is 66.8 Å². The quantitative estimate of drug-likeness (QED) is 0.126. The molecule has 0 saturated carbocycles. The third kappa shape index (κ3) is 8.43. The van der Waals surface area contributed by atoms with Crippen LogP contribution in [0.2, 0.25) is 0 Å². The predicted molar refractivity (Wildman–Crippen MR) is 306 cm³/mol. The lowest BCUT2D eigenvalue weighted by Crippen LogP contribution is -2.60. The normalized spacial score (nSPS) is 12.6. The summed E-state index contributed by atoms with van der Waals surface area (Å²) in [6.07, 6.45) is 3.31. The van der Waals surface area contributed by atoms with E-state index in [0.717, 1.165) is 19.3 Å². The Hall–Kier alpha value is -7.59. The molecule has 2 aliphatic rings. The first kappa shape index (κ1) is 44.6. The Kier molecular flexibility index (Phi) is 11.7. The van der Waals surface area contributed by atoms with Crippen LogP contribution < -0.4 is 21.3 Å². The van der Waals surface area contributed by atoms with E-state index < -0.39 is 0 Å². The summed E-state index contributed by atoms with van der Waals surface area (Å²) in [5.41, 5.74) is 25.0. The summed E-state index contributed by atoms with van der Waals surface area (Å²) in [6, 6.07) is 86.6. The zero-order chi connectivity index (χ0) is 48.1. The van der Waals surface area contributed by atoms with Crippen LogP contribution in [0, 0.1) is 0 Å². The summed E-state index contributed by atoms with van der Waals surface area (Å²) >= 11 is 1.95. The standard InChI is InChI=1S/C68H56BNS/c1-5-6-19-46-40-63-66-65(41-46)71-64-39-37-56(50-26-17-10-18-27-50)43-61(64)69(66)60-42-55(49-24-15-9-16-25-49)36-38-62(60)70(63)67-58(53-32-28-51(29-33-53)47-20-11-7-12-21-47)44-57(68(2,3)4)45-59(67)54-34-30-52(31-35-54)48-22-13-8-14-23-48/h7-18,20-45H,5-6,19H2,1-4H3. The van der Waals surface area contributed by atoms with Gasteiger partial charge in [0, 0.05) is 32.3 Å². The van der Waals surface area contributed by atoms with Crippen molar-refractivity contribution < 1.29 is 0 Å². The van der Waals surface area contributed by atoms with Crippen molar-refractivity contribution in [2.75, 3.05) is 4.90 Å². The topological polar surface area (TPSA) is 3.24 Å². The number of anilines is 3. The lowest BCUT2D eigenvalue weighted by molar-refractivity contribution is 0.591. The van der Waals surface area contributed by atoms with Crippen molar-refractivity contribution in [3.63, 3.8) is 0 Å². The van der Waals surface area contributed by atoms with E-state index in [1.807, 2.05) is 11.8 Å². The van der Waals surface area contributed by atoms with Crippen LogP contribution in [0.1, 0.15) is 51.7 Å². The Morgan fingerprint density at radius 2 is 0.845 bits per heavy atom. The summed E-state index contributed by atoms with van der Waals surface area (Å²) in [7, 11) is 0. The van der Waals surface area contributed by atoms with Crippen molar-refractivity contribution >= 4 is 51.9 Å². The van der Waals surface area contributed by atoms with Gasteiger partial charge in [0.05, 0.1) is 5.69 Å². The third-order valence-corrected chi connectivity index (χ3v) is 15.8. The van der Waals surface area contributed by atoms with Gasteiger partial charge in [-0.15, -0.1) is 0 Å². The maximum atomic E-state index is 2.69. The maximum Gasteiger partial charge on any atom is 0.249 e. The summed E-state index contributed by atoms with van der Waals surface area (Å²) in [4.78, 5) is 5.38. The SMILES string of the molecule is CCCCc1cc2c3c(c1)N(c1c(-c4ccc(-c5ccccc5)cc4)cc(C(C)(C)C)cc1-c1ccc(-c4ccccc4)cc1)c1ccc(-c4ccccc4)cc1B3c1cc(-c3ccccc3)ccc1S2. The maximum absolute atomic E-state index is 2.69. The molecular formula is C68H56BNS. The van der Waals surface area contributed by atoms with E-state index in [9.17, 15) is 0 Å². The molecule has 10 aromatic rings. The fraction of sp³-hybridized carbons (Fsp3) is 0.118. The molecule has 342 valence electrons. The molecule has 1 nitrogen and oxygen atoms in total. The highest BCUT2D eigenvalue weighted by Crippen LogP contribution is 2.51. The second-order valence-electron chi connectivity index (χ2n) is 20.3. The second kappa shape index (κ2) is 18.6. The van der Waals surface area contributed by atoms with Gasteiger partial charge in [-0.2, -0.15) is 0 Å². The second-order valence-corrected chi connectivity index (χ2v) is 21.4. The van der Waals surface area contributed by atoms with Gasteiger partial charge in [-0.25, -0.2) is 0 Å². The Morgan fingerprint density at radius 3 is 1.34 bits per heavy atom. The average Bonchev–Trinajstić information content (AvgIpc) is 3.42. The number of benzene rings is 10. The van der Waals surface area contributed by atoms with Crippen LogP contribution in [-0.2, 0) is 11.8 Å². The highest BCUT2D eigenvalue weighted by atomic mass is 32.2. The van der Waals surface area contributed by atoms with Gasteiger partial charge in [0.2, 0.25) is 6.71 Å². The predicted octanol–water partition coefficient (Wildman–Crippen LogP) is 17.1. The van der Waals surface area contributed by atoms with E-state index in [2.05, 4.69) is 263 Å². The van der Waals surface area contributed by atoms with Gasteiger partial charge in [-0.05, 0) is 132 Å². The van der Waals surface area contributed by atoms with E-state index in [4.69, 9.17) is 0 Å². The van der Waals surface area contributed by atoms with E-state index in [1.54, 1.807) is 0 Å². The minimum Gasteiger partial charge on any atom is -0.310 e. The number of hydrogen-bond acceptors (Lipinski definition) is 2. The van der Waals surface area contributed by atoms with Gasteiger partial charge in [0.25, 0.3) is 0 Å². The molecule has 2 aliphatic heterocycles. The monoisotopic (exact) mass is 929 g/mol.